The predicted octanol–water partition coefficient (Wildman–Crippen LogP) is 3.50. The summed E-state index contributed by atoms with van der Waals surface area (Å²) in [5.74, 6) is -0.506. The number of carbonyl (C=O) groups is 2. The van der Waals surface area contributed by atoms with Gasteiger partial charge in [0.2, 0.25) is 0 Å². The molecule has 0 aliphatic rings. The summed E-state index contributed by atoms with van der Waals surface area (Å²) < 4.78 is 10.3. The van der Waals surface area contributed by atoms with E-state index in [-0.39, 0.29) is 17.9 Å². The Morgan fingerprint density at radius 3 is 2.00 bits per heavy atom. The van der Waals surface area contributed by atoms with E-state index in [1.807, 2.05) is 27.7 Å². The third-order valence-corrected chi connectivity index (χ3v) is 2.91. The maximum absolute atomic E-state index is 11.6. The van der Waals surface area contributed by atoms with Gasteiger partial charge in [-0.1, -0.05) is 47.5 Å². The first kappa shape index (κ1) is 18.7. The van der Waals surface area contributed by atoms with E-state index in [2.05, 4.69) is 6.92 Å². The topological polar surface area (TPSA) is 52.6 Å². The van der Waals surface area contributed by atoms with Gasteiger partial charge in [0.1, 0.15) is 6.10 Å². The molecule has 0 aromatic carbocycles. The monoisotopic (exact) mass is 284 g/mol. The number of carbonyl (C=O) groups excluding carboxylic acids is 2. The summed E-state index contributed by atoms with van der Waals surface area (Å²) in [6.07, 6.45) is 5.08. The van der Waals surface area contributed by atoms with Gasteiger partial charge in [-0.2, -0.15) is 0 Å². The fourth-order valence-electron chi connectivity index (χ4n) is 1.92. The molecule has 4 heteroatoms. The summed E-state index contributed by atoms with van der Waals surface area (Å²) in [5.41, 5.74) is 0. The Morgan fingerprint density at radius 2 is 1.50 bits per heavy atom. The molecule has 0 amide bonds. The number of rotatable bonds is 9. The highest BCUT2D eigenvalue weighted by atomic mass is 16.5. The standard InChI is InChI=1S/C16H28O4/c1-6-7-8-11-19-14(17)9-10-15(18)20-16(12(2)3)13(4)5/h9-10,12-13,16H,6-8,11H2,1-5H3/b10-9+. The second-order valence-corrected chi connectivity index (χ2v) is 5.60. The molecule has 0 radical (unpaired) electrons. The third-order valence-electron chi connectivity index (χ3n) is 2.91. The van der Waals surface area contributed by atoms with Gasteiger partial charge in [0.25, 0.3) is 0 Å². The van der Waals surface area contributed by atoms with Crippen molar-refractivity contribution in [3.05, 3.63) is 12.2 Å². The van der Waals surface area contributed by atoms with Gasteiger partial charge in [-0.05, 0) is 18.3 Å². The molecule has 0 N–H and O–H groups in total. The van der Waals surface area contributed by atoms with Crippen LogP contribution in [0.1, 0.15) is 53.9 Å². The van der Waals surface area contributed by atoms with E-state index in [0.717, 1.165) is 31.4 Å². The highest BCUT2D eigenvalue weighted by molar-refractivity contribution is 5.91. The van der Waals surface area contributed by atoms with Crippen LogP contribution in [0.15, 0.2) is 12.2 Å². The molecule has 0 aromatic heterocycles. The highest BCUT2D eigenvalue weighted by Crippen LogP contribution is 2.16. The number of esters is 2. The van der Waals surface area contributed by atoms with Crippen molar-refractivity contribution >= 4 is 11.9 Å². The second-order valence-electron chi connectivity index (χ2n) is 5.60. The molecule has 0 atom stereocenters. The lowest BCUT2D eigenvalue weighted by Gasteiger charge is -2.24. The number of unbranched alkanes of at least 4 members (excludes halogenated alkanes) is 2. The summed E-state index contributed by atoms with van der Waals surface area (Å²) in [6.45, 7) is 10.5. The van der Waals surface area contributed by atoms with Crippen LogP contribution in [0.4, 0.5) is 0 Å². The molecule has 4 nitrogen and oxygen atoms in total. The summed E-state index contributed by atoms with van der Waals surface area (Å²) >= 11 is 0. The third kappa shape index (κ3) is 8.73. The summed E-state index contributed by atoms with van der Waals surface area (Å²) in [5, 5.41) is 0. The van der Waals surface area contributed by atoms with Gasteiger partial charge in [-0.3, -0.25) is 0 Å². The van der Waals surface area contributed by atoms with E-state index in [1.54, 1.807) is 0 Å². The van der Waals surface area contributed by atoms with E-state index < -0.39 is 11.9 Å². The Balaban J connectivity index is 4.11. The van der Waals surface area contributed by atoms with Crippen molar-refractivity contribution < 1.29 is 19.1 Å². The lowest BCUT2D eigenvalue weighted by Crippen LogP contribution is -2.28. The van der Waals surface area contributed by atoms with Crippen molar-refractivity contribution in [2.24, 2.45) is 11.8 Å². The van der Waals surface area contributed by atoms with Crippen LogP contribution >= 0.6 is 0 Å². The minimum atomic E-state index is -0.497. The summed E-state index contributed by atoms with van der Waals surface area (Å²) in [4.78, 5) is 23.0. The van der Waals surface area contributed by atoms with E-state index in [9.17, 15) is 9.59 Å². The Morgan fingerprint density at radius 1 is 0.950 bits per heavy atom. The SMILES string of the molecule is CCCCCOC(=O)/C=C/C(=O)OC(C(C)C)C(C)C. The molecule has 0 unspecified atom stereocenters. The van der Waals surface area contributed by atoms with Crippen LogP contribution in [0.2, 0.25) is 0 Å². The van der Waals surface area contributed by atoms with Crippen molar-refractivity contribution in [1.82, 2.24) is 0 Å². The highest BCUT2D eigenvalue weighted by Gasteiger charge is 2.20. The average molecular weight is 284 g/mol. The number of ether oxygens (including phenoxy) is 2. The van der Waals surface area contributed by atoms with Gasteiger partial charge in [0, 0.05) is 12.2 Å². The van der Waals surface area contributed by atoms with Crippen LogP contribution in [0.3, 0.4) is 0 Å². The van der Waals surface area contributed by atoms with Crippen molar-refractivity contribution in [2.75, 3.05) is 6.61 Å². The van der Waals surface area contributed by atoms with E-state index in [1.165, 1.54) is 0 Å². The first-order valence-electron chi connectivity index (χ1n) is 7.43. The molecule has 20 heavy (non-hydrogen) atoms. The Labute approximate surface area is 122 Å². The molecule has 0 saturated carbocycles. The smallest absolute Gasteiger partial charge is 0.331 e. The minimum Gasteiger partial charge on any atom is -0.463 e. The minimum absolute atomic E-state index is 0.146. The van der Waals surface area contributed by atoms with Crippen LogP contribution in [0, 0.1) is 11.8 Å². The molecule has 0 spiro atoms. The molecule has 0 aliphatic carbocycles. The lowest BCUT2D eigenvalue weighted by atomic mass is 9.96. The quantitative estimate of drug-likeness (QED) is 0.369. The number of hydrogen-bond acceptors (Lipinski definition) is 4. The van der Waals surface area contributed by atoms with Crippen LogP contribution in [-0.4, -0.2) is 24.6 Å². The van der Waals surface area contributed by atoms with Crippen molar-refractivity contribution in [2.45, 2.75) is 60.0 Å². The molecule has 0 aliphatic heterocycles. The lowest BCUT2D eigenvalue weighted by molar-refractivity contribution is -0.148. The first-order valence-corrected chi connectivity index (χ1v) is 7.43. The van der Waals surface area contributed by atoms with Crippen LogP contribution in [-0.2, 0) is 19.1 Å². The van der Waals surface area contributed by atoms with Crippen molar-refractivity contribution in [1.29, 1.82) is 0 Å². The Kier molecular flexibility index (Phi) is 9.77. The van der Waals surface area contributed by atoms with Gasteiger partial charge in [-0.15, -0.1) is 0 Å². The average Bonchev–Trinajstić information content (AvgIpc) is 2.37. The van der Waals surface area contributed by atoms with E-state index in [0.29, 0.717) is 6.61 Å². The maximum Gasteiger partial charge on any atom is 0.331 e. The zero-order valence-electron chi connectivity index (χ0n) is 13.3. The molecule has 0 aromatic rings. The first-order chi connectivity index (χ1) is 9.38. The van der Waals surface area contributed by atoms with Crippen molar-refractivity contribution in [3.63, 3.8) is 0 Å². The van der Waals surface area contributed by atoms with Gasteiger partial charge < -0.3 is 9.47 Å². The molecule has 116 valence electrons. The zero-order chi connectivity index (χ0) is 15.5. The molecule has 0 bridgehead atoms. The second kappa shape index (κ2) is 10.5. The Hall–Kier alpha value is -1.32. The predicted molar refractivity (Wildman–Crippen MR) is 79.2 cm³/mol. The van der Waals surface area contributed by atoms with Crippen LogP contribution < -0.4 is 0 Å². The number of hydrogen-bond donors (Lipinski definition) is 0. The zero-order valence-corrected chi connectivity index (χ0v) is 13.3. The Bertz CT molecular complexity index is 310. The van der Waals surface area contributed by atoms with Crippen LogP contribution in [0.25, 0.3) is 0 Å². The van der Waals surface area contributed by atoms with E-state index >= 15 is 0 Å². The summed E-state index contributed by atoms with van der Waals surface area (Å²) in [6, 6.07) is 0. The summed E-state index contributed by atoms with van der Waals surface area (Å²) in [7, 11) is 0. The van der Waals surface area contributed by atoms with Crippen LogP contribution in [0.5, 0.6) is 0 Å². The van der Waals surface area contributed by atoms with Gasteiger partial charge in [-0.25, -0.2) is 9.59 Å². The molecule has 0 rings (SSSR count). The molecular weight excluding hydrogens is 256 g/mol. The molecule has 0 heterocycles. The molecule has 0 fully saturated rings. The van der Waals surface area contributed by atoms with Gasteiger partial charge >= 0.3 is 11.9 Å². The van der Waals surface area contributed by atoms with E-state index in [4.69, 9.17) is 9.47 Å². The fraction of sp³-hybridized carbons (Fsp3) is 0.750. The fourth-order valence-corrected chi connectivity index (χ4v) is 1.92. The maximum atomic E-state index is 11.6. The van der Waals surface area contributed by atoms with Gasteiger partial charge in [0.15, 0.2) is 0 Å². The van der Waals surface area contributed by atoms with Crippen molar-refractivity contribution in [3.8, 4) is 0 Å². The molecular formula is C16H28O4. The molecule has 0 saturated heterocycles. The van der Waals surface area contributed by atoms with Gasteiger partial charge in [0.05, 0.1) is 6.61 Å². The normalized spacial score (nSPS) is 11.6. The largest absolute Gasteiger partial charge is 0.463 e.